The van der Waals surface area contributed by atoms with Crippen LogP contribution in [-0.4, -0.2) is 31.1 Å². The SMILES string of the molecule is COc1cccc(CCC(C=O)NC(=O)OC(C)(C)C)c1. The number of hydrogen-bond donors (Lipinski definition) is 1. The number of benzene rings is 1. The Hall–Kier alpha value is -2.04. The molecular weight excluding hydrogens is 270 g/mol. The van der Waals surface area contributed by atoms with Crippen molar-refractivity contribution >= 4 is 12.4 Å². The van der Waals surface area contributed by atoms with E-state index in [0.717, 1.165) is 17.6 Å². The first-order valence-electron chi connectivity index (χ1n) is 6.92. The summed E-state index contributed by atoms with van der Waals surface area (Å²) in [6.45, 7) is 5.33. The van der Waals surface area contributed by atoms with E-state index in [-0.39, 0.29) is 0 Å². The van der Waals surface area contributed by atoms with E-state index in [2.05, 4.69) is 5.32 Å². The van der Waals surface area contributed by atoms with Gasteiger partial charge in [0.2, 0.25) is 0 Å². The van der Waals surface area contributed by atoms with Crippen LogP contribution in [0.25, 0.3) is 0 Å². The minimum absolute atomic E-state index is 0.510. The maximum atomic E-state index is 11.6. The molecule has 0 saturated carbocycles. The van der Waals surface area contributed by atoms with Crippen LogP contribution in [-0.2, 0) is 16.0 Å². The second-order valence-electron chi connectivity index (χ2n) is 5.78. The lowest BCUT2D eigenvalue weighted by Crippen LogP contribution is -2.40. The maximum Gasteiger partial charge on any atom is 0.408 e. The van der Waals surface area contributed by atoms with Gasteiger partial charge in [-0.25, -0.2) is 4.79 Å². The number of methoxy groups -OCH3 is 1. The number of carbonyl (C=O) groups is 2. The minimum atomic E-state index is -0.579. The molecule has 0 radical (unpaired) electrons. The van der Waals surface area contributed by atoms with Gasteiger partial charge in [-0.15, -0.1) is 0 Å². The number of aryl methyl sites for hydroxylation is 1. The van der Waals surface area contributed by atoms with Crippen LogP contribution in [0.15, 0.2) is 24.3 Å². The van der Waals surface area contributed by atoms with Gasteiger partial charge < -0.3 is 19.6 Å². The number of nitrogens with one attached hydrogen (secondary N) is 1. The zero-order valence-corrected chi connectivity index (χ0v) is 13.0. The van der Waals surface area contributed by atoms with Crippen LogP contribution in [0.1, 0.15) is 32.8 Å². The Morgan fingerprint density at radius 1 is 1.38 bits per heavy atom. The van der Waals surface area contributed by atoms with Crippen molar-refractivity contribution in [2.45, 2.75) is 45.3 Å². The van der Waals surface area contributed by atoms with E-state index in [1.807, 2.05) is 24.3 Å². The molecule has 0 saturated heterocycles. The Labute approximate surface area is 125 Å². The summed E-state index contributed by atoms with van der Waals surface area (Å²) in [7, 11) is 1.61. The highest BCUT2D eigenvalue weighted by Crippen LogP contribution is 2.14. The molecular formula is C16H23NO4. The van der Waals surface area contributed by atoms with E-state index < -0.39 is 17.7 Å². The second kappa shape index (κ2) is 7.67. The summed E-state index contributed by atoms with van der Waals surface area (Å²) in [4.78, 5) is 22.7. The van der Waals surface area contributed by atoms with Crippen molar-refractivity contribution in [3.8, 4) is 5.75 Å². The van der Waals surface area contributed by atoms with Crippen molar-refractivity contribution in [2.75, 3.05) is 7.11 Å². The summed E-state index contributed by atoms with van der Waals surface area (Å²) in [5.74, 6) is 0.773. The fraction of sp³-hybridized carbons (Fsp3) is 0.500. The zero-order valence-electron chi connectivity index (χ0n) is 13.0. The lowest BCUT2D eigenvalue weighted by Gasteiger charge is -2.21. The molecule has 1 unspecified atom stereocenters. The molecule has 1 aromatic rings. The van der Waals surface area contributed by atoms with Crippen molar-refractivity contribution in [3.05, 3.63) is 29.8 Å². The highest BCUT2D eigenvalue weighted by molar-refractivity contribution is 5.73. The topological polar surface area (TPSA) is 64.6 Å². The monoisotopic (exact) mass is 293 g/mol. The van der Waals surface area contributed by atoms with E-state index in [9.17, 15) is 9.59 Å². The molecule has 21 heavy (non-hydrogen) atoms. The third-order valence-electron chi connectivity index (χ3n) is 2.74. The maximum absolute atomic E-state index is 11.6. The van der Waals surface area contributed by atoms with Crippen molar-refractivity contribution in [3.63, 3.8) is 0 Å². The largest absolute Gasteiger partial charge is 0.497 e. The van der Waals surface area contributed by atoms with Crippen LogP contribution in [0, 0.1) is 0 Å². The second-order valence-corrected chi connectivity index (χ2v) is 5.78. The number of hydrogen-bond acceptors (Lipinski definition) is 4. The molecule has 0 aromatic heterocycles. The van der Waals surface area contributed by atoms with E-state index in [4.69, 9.17) is 9.47 Å². The Morgan fingerprint density at radius 3 is 2.67 bits per heavy atom. The van der Waals surface area contributed by atoms with Gasteiger partial charge in [0.15, 0.2) is 0 Å². The number of aldehydes is 1. The predicted octanol–water partition coefficient (Wildman–Crippen LogP) is 2.72. The number of alkyl carbamates (subject to hydrolysis) is 1. The molecule has 5 heteroatoms. The number of rotatable bonds is 6. The highest BCUT2D eigenvalue weighted by Gasteiger charge is 2.19. The van der Waals surface area contributed by atoms with Gasteiger partial charge in [0.05, 0.1) is 13.2 Å². The molecule has 5 nitrogen and oxygen atoms in total. The summed E-state index contributed by atoms with van der Waals surface area (Å²) in [5, 5.41) is 2.56. The highest BCUT2D eigenvalue weighted by atomic mass is 16.6. The van der Waals surface area contributed by atoms with E-state index in [1.54, 1.807) is 27.9 Å². The number of amides is 1. The molecule has 116 valence electrons. The molecule has 0 aliphatic rings. The summed E-state index contributed by atoms with van der Waals surface area (Å²) in [6, 6.07) is 7.06. The Balaban J connectivity index is 2.50. The van der Waals surface area contributed by atoms with Crippen LogP contribution in [0.4, 0.5) is 4.79 Å². The molecule has 0 aliphatic carbocycles. The lowest BCUT2D eigenvalue weighted by molar-refractivity contribution is -0.109. The molecule has 0 bridgehead atoms. The van der Waals surface area contributed by atoms with Crippen LogP contribution in [0.3, 0.4) is 0 Å². The van der Waals surface area contributed by atoms with Gasteiger partial charge in [-0.1, -0.05) is 12.1 Å². The van der Waals surface area contributed by atoms with Gasteiger partial charge in [-0.2, -0.15) is 0 Å². The molecule has 1 N–H and O–H groups in total. The predicted molar refractivity (Wildman–Crippen MR) is 80.5 cm³/mol. The molecule has 0 heterocycles. The van der Waals surface area contributed by atoms with Crippen molar-refractivity contribution < 1.29 is 19.1 Å². The fourth-order valence-corrected chi connectivity index (χ4v) is 1.78. The van der Waals surface area contributed by atoms with Crippen molar-refractivity contribution in [2.24, 2.45) is 0 Å². The smallest absolute Gasteiger partial charge is 0.408 e. The average Bonchev–Trinajstić information content (AvgIpc) is 2.41. The number of ether oxygens (including phenoxy) is 2. The Bertz CT molecular complexity index is 479. The molecule has 0 aliphatic heterocycles. The van der Waals surface area contributed by atoms with Crippen LogP contribution in [0.2, 0.25) is 0 Å². The Morgan fingerprint density at radius 2 is 2.10 bits per heavy atom. The van der Waals surface area contributed by atoms with Crippen LogP contribution < -0.4 is 10.1 Å². The van der Waals surface area contributed by atoms with E-state index >= 15 is 0 Å². The van der Waals surface area contributed by atoms with Crippen molar-refractivity contribution in [1.29, 1.82) is 0 Å². The van der Waals surface area contributed by atoms with Gasteiger partial charge in [0.1, 0.15) is 17.6 Å². The van der Waals surface area contributed by atoms with Crippen molar-refractivity contribution in [1.82, 2.24) is 5.32 Å². The first kappa shape index (κ1) is 17.0. The molecule has 1 aromatic carbocycles. The Kier molecular flexibility index (Phi) is 6.21. The minimum Gasteiger partial charge on any atom is -0.497 e. The van der Waals surface area contributed by atoms with Crippen LogP contribution in [0.5, 0.6) is 5.75 Å². The summed E-state index contributed by atoms with van der Waals surface area (Å²) in [6.07, 6.45) is 1.32. The van der Waals surface area contributed by atoms with E-state index in [0.29, 0.717) is 12.8 Å². The third kappa shape index (κ3) is 6.79. The van der Waals surface area contributed by atoms with Gasteiger partial charge in [0.25, 0.3) is 0 Å². The van der Waals surface area contributed by atoms with Crippen LogP contribution >= 0.6 is 0 Å². The van der Waals surface area contributed by atoms with Gasteiger partial charge in [0, 0.05) is 0 Å². The number of carbonyl (C=O) groups excluding carboxylic acids is 2. The third-order valence-corrected chi connectivity index (χ3v) is 2.74. The van der Waals surface area contributed by atoms with Gasteiger partial charge in [-0.05, 0) is 51.3 Å². The normalized spacial score (nSPS) is 12.4. The molecule has 0 fully saturated rings. The molecule has 1 atom stereocenters. The average molecular weight is 293 g/mol. The first-order valence-corrected chi connectivity index (χ1v) is 6.92. The van der Waals surface area contributed by atoms with E-state index in [1.165, 1.54) is 0 Å². The summed E-state index contributed by atoms with van der Waals surface area (Å²) < 4.78 is 10.3. The lowest BCUT2D eigenvalue weighted by atomic mass is 10.1. The van der Waals surface area contributed by atoms with Gasteiger partial charge in [-0.3, -0.25) is 0 Å². The summed E-state index contributed by atoms with van der Waals surface area (Å²) in [5.41, 5.74) is 0.469. The quantitative estimate of drug-likeness (QED) is 0.819. The molecule has 1 rings (SSSR count). The summed E-state index contributed by atoms with van der Waals surface area (Å²) >= 11 is 0. The van der Waals surface area contributed by atoms with Gasteiger partial charge >= 0.3 is 6.09 Å². The zero-order chi connectivity index (χ0) is 15.9. The molecule has 1 amide bonds. The first-order chi connectivity index (χ1) is 9.84. The molecule has 0 spiro atoms. The fourth-order valence-electron chi connectivity index (χ4n) is 1.78. The standard InChI is InChI=1S/C16H23NO4/c1-16(2,3)21-15(19)17-13(11-18)9-8-12-6-5-7-14(10-12)20-4/h5-7,10-11,13H,8-9H2,1-4H3,(H,17,19).